The number of carbonyl (C=O) groups is 2. The number of pyridine rings is 1. The SMILES string of the molecule is CC(=O)N1CC[C@H]2CC[C@@H](CN(C(=O)c3ccc(OCC(C)C)cc3)Cc3ccccc31)N2Cc1ccncc1. The van der Waals surface area contributed by atoms with Crippen LogP contribution in [0, 0.1) is 5.92 Å². The maximum atomic E-state index is 14.1. The Morgan fingerprint density at radius 1 is 0.950 bits per heavy atom. The first-order chi connectivity index (χ1) is 19.4. The predicted octanol–water partition coefficient (Wildman–Crippen LogP) is 5.55. The Hall–Kier alpha value is -3.71. The Morgan fingerprint density at radius 2 is 1.68 bits per heavy atom. The molecule has 0 N–H and O–H groups in total. The topological polar surface area (TPSA) is 66.0 Å². The Morgan fingerprint density at radius 3 is 2.40 bits per heavy atom. The lowest BCUT2D eigenvalue weighted by molar-refractivity contribution is -0.116. The number of aromatic nitrogens is 1. The lowest BCUT2D eigenvalue weighted by atomic mass is 10.1. The number of hydrogen-bond acceptors (Lipinski definition) is 5. The highest BCUT2D eigenvalue weighted by Crippen LogP contribution is 2.33. The number of hydrogen-bond donors (Lipinski definition) is 0. The number of carbonyl (C=O) groups excluding carboxylic acids is 2. The number of fused-ring (bicyclic) bond motifs is 3. The van der Waals surface area contributed by atoms with Crippen molar-refractivity contribution in [3.8, 4) is 5.75 Å². The summed E-state index contributed by atoms with van der Waals surface area (Å²) in [6, 6.07) is 20.2. The molecule has 1 fully saturated rings. The number of anilines is 1. The van der Waals surface area contributed by atoms with Crippen molar-refractivity contribution in [2.24, 2.45) is 5.92 Å². The standard InChI is InChI=1S/C33H40N4O3/c1-24(2)23-40-31-12-8-27(9-13-31)33(39)35-21-28-6-4-5-7-32(28)36(25(3)38)19-16-29-10-11-30(22-35)37(29)20-26-14-17-34-18-15-26/h4-9,12-15,17-18,24,29-30H,10-11,16,19-23H2,1-3H3/t29-,30+/m1/s1. The molecule has 1 aromatic heterocycles. The Balaban J connectivity index is 1.48. The minimum absolute atomic E-state index is 0.00820. The van der Waals surface area contributed by atoms with E-state index in [4.69, 9.17) is 4.74 Å². The first-order valence-electron chi connectivity index (χ1n) is 14.4. The van der Waals surface area contributed by atoms with Crippen molar-refractivity contribution in [3.63, 3.8) is 0 Å². The molecule has 0 spiro atoms. The van der Waals surface area contributed by atoms with Crippen LogP contribution in [0.2, 0.25) is 0 Å². The smallest absolute Gasteiger partial charge is 0.254 e. The van der Waals surface area contributed by atoms with Gasteiger partial charge in [-0.05, 0) is 78.8 Å². The molecule has 40 heavy (non-hydrogen) atoms. The van der Waals surface area contributed by atoms with Crippen molar-refractivity contribution >= 4 is 17.5 Å². The van der Waals surface area contributed by atoms with Gasteiger partial charge in [-0.1, -0.05) is 32.0 Å². The average Bonchev–Trinajstić information content (AvgIpc) is 3.31. The van der Waals surface area contributed by atoms with E-state index in [1.54, 1.807) is 6.92 Å². The van der Waals surface area contributed by atoms with E-state index in [0.717, 1.165) is 42.8 Å². The molecule has 0 saturated carbocycles. The number of benzene rings is 2. The number of para-hydroxylation sites is 1. The molecule has 2 aliphatic heterocycles. The molecule has 0 aliphatic carbocycles. The van der Waals surface area contributed by atoms with Crippen LogP contribution in [0.4, 0.5) is 5.69 Å². The van der Waals surface area contributed by atoms with E-state index in [1.165, 1.54) is 5.56 Å². The highest BCUT2D eigenvalue weighted by atomic mass is 16.5. The zero-order valence-electron chi connectivity index (χ0n) is 23.8. The molecule has 3 aromatic rings. The van der Waals surface area contributed by atoms with E-state index in [1.807, 2.05) is 70.7 Å². The van der Waals surface area contributed by atoms with Crippen LogP contribution < -0.4 is 9.64 Å². The third-order valence-electron chi connectivity index (χ3n) is 8.00. The van der Waals surface area contributed by atoms with Gasteiger partial charge in [0.15, 0.2) is 0 Å². The van der Waals surface area contributed by atoms with Crippen LogP contribution in [0.15, 0.2) is 73.1 Å². The van der Waals surface area contributed by atoms with Crippen molar-refractivity contribution < 1.29 is 14.3 Å². The van der Waals surface area contributed by atoms with Crippen LogP contribution in [0.5, 0.6) is 5.75 Å². The van der Waals surface area contributed by atoms with Crippen molar-refractivity contribution in [2.45, 2.75) is 65.2 Å². The second-order valence-electron chi connectivity index (χ2n) is 11.4. The van der Waals surface area contributed by atoms with Gasteiger partial charge in [0.1, 0.15) is 5.75 Å². The van der Waals surface area contributed by atoms with Gasteiger partial charge in [-0.15, -0.1) is 0 Å². The molecule has 2 aromatic carbocycles. The molecule has 0 unspecified atom stereocenters. The number of nitrogens with zero attached hydrogens (tertiary/aromatic N) is 4. The first kappa shape index (κ1) is 27.8. The van der Waals surface area contributed by atoms with E-state index in [-0.39, 0.29) is 17.9 Å². The Labute approximate surface area is 237 Å². The van der Waals surface area contributed by atoms with Crippen molar-refractivity contribution in [1.82, 2.24) is 14.8 Å². The van der Waals surface area contributed by atoms with Gasteiger partial charge >= 0.3 is 0 Å². The monoisotopic (exact) mass is 540 g/mol. The van der Waals surface area contributed by atoms with Gasteiger partial charge in [0, 0.05) is 68.8 Å². The summed E-state index contributed by atoms with van der Waals surface area (Å²) in [5.41, 5.74) is 3.73. The summed E-state index contributed by atoms with van der Waals surface area (Å²) in [5.74, 6) is 1.22. The summed E-state index contributed by atoms with van der Waals surface area (Å²) < 4.78 is 5.85. The molecular formula is C33H40N4O3. The fraction of sp³-hybridized carbons (Fsp3) is 0.424. The van der Waals surface area contributed by atoms with E-state index in [2.05, 4.69) is 35.9 Å². The summed E-state index contributed by atoms with van der Waals surface area (Å²) in [4.78, 5) is 37.5. The number of rotatable bonds is 6. The fourth-order valence-electron chi connectivity index (χ4n) is 5.93. The lowest BCUT2D eigenvalue weighted by Gasteiger charge is -2.34. The van der Waals surface area contributed by atoms with Crippen LogP contribution in [0.25, 0.3) is 0 Å². The summed E-state index contributed by atoms with van der Waals surface area (Å²) >= 11 is 0. The lowest BCUT2D eigenvalue weighted by Crippen LogP contribution is -2.45. The molecule has 2 amide bonds. The summed E-state index contributed by atoms with van der Waals surface area (Å²) in [6.45, 7) is 9.02. The maximum Gasteiger partial charge on any atom is 0.254 e. The third kappa shape index (κ3) is 6.53. The molecule has 210 valence electrons. The predicted molar refractivity (Wildman–Crippen MR) is 157 cm³/mol. The van der Waals surface area contributed by atoms with Crippen molar-refractivity contribution in [1.29, 1.82) is 0 Å². The molecule has 2 atom stereocenters. The summed E-state index contributed by atoms with van der Waals surface area (Å²) in [7, 11) is 0. The molecular weight excluding hydrogens is 500 g/mol. The molecule has 2 bridgehead atoms. The van der Waals surface area contributed by atoms with E-state index in [9.17, 15) is 9.59 Å². The van der Waals surface area contributed by atoms with Crippen LogP contribution in [0.3, 0.4) is 0 Å². The molecule has 1 saturated heterocycles. The highest BCUT2D eigenvalue weighted by molar-refractivity contribution is 5.95. The average molecular weight is 541 g/mol. The van der Waals surface area contributed by atoms with Gasteiger partial charge in [0.25, 0.3) is 5.91 Å². The number of ether oxygens (including phenoxy) is 1. The second-order valence-corrected chi connectivity index (χ2v) is 11.4. The Kier molecular flexibility index (Phi) is 8.80. The molecule has 7 nitrogen and oxygen atoms in total. The first-order valence-corrected chi connectivity index (χ1v) is 14.4. The van der Waals surface area contributed by atoms with Gasteiger partial charge in [0.05, 0.1) is 6.61 Å². The van der Waals surface area contributed by atoms with Crippen molar-refractivity contribution in [2.75, 3.05) is 24.6 Å². The number of amides is 2. The third-order valence-corrected chi connectivity index (χ3v) is 8.00. The van der Waals surface area contributed by atoms with Gasteiger partial charge < -0.3 is 14.5 Å². The van der Waals surface area contributed by atoms with Gasteiger partial charge in [0.2, 0.25) is 5.91 Å². The molecule has 3 heterocycles. The molecule has 5 rings (SSSR count). The molecule has 0 radical (unpaired) electrons. The highest BCUT2D eigenvalue weighted by Gasteiger charge is 2.36. The molecule has 2 aliphatic rings. The quantitative estimate of drug-likeness (QED) is 0.410. The van der Waals surface area contributed by atoms with E-state index in [0.29, 0.717) is 43.8 Å². The van der Waals surface area contributed by atoms with Crippen LogP contribution in [0.1, 0.15) is 61.5 Å². The van der Waals surface area contributed by atoms with E-state index < -0.39 is 0 Å². The van der Waals surface area contributed by atoms with Gasteiger partial charge in [-0.2, -0.15) is 0 Å². The van der Waals surface area contributed by atoms with Gasteiger partial charge in [-0.3, -0.25) is 19.5 Å². The summed E-state index contributed by atoms with van der Waals surface area (Å²) in [6.07, 6.45) is 6.63. The van der Waals surface area contributed by atoms with Crippen LogP contribution >= 0.6 is 0 Å². The van der Waals surface area contributed by atoms with Crippen molar-refractivity contribution in [3.05, 3.63) is 89.7 Å². The summed E-state index contributed by atoms with van der Waals surface area (Å²) in [5, 5.41) is 0. The zero-order valence-corrected chi connectivity index (χ0v) is 23.8. The minimum Gasteiger partial charge on any atom is -0.493 e. The maximum absolute atomic E-state index is 14.1. The van der Waals surface area contributed by atoms with E-state index >= 15 is 0 Å². The second kappa shape index (κ2) is 12.6. The largest absolute Gasteiger partial charge is 0.493 e. The Bertz CT molecular complexity index is 1290. The minimum atomic E-state index is -0.00820. The normalized spacial score (nSPS) is 19.7. The van der Waals surface area contributed by atoms with Gasteiger partial charge in [-0.25, -0.2) is 0 Å². The zero-order chi connectivity index (χ0) is 28.1. The fourth-order valence-corrected chi connectivity index (χ4v) is 5.93. The van der Waals surface area contributed by atoms with Crippen LogP contribution in [-0.4, -0.2) is 58.4 Å². The molecule has 7 heteroatoms. The van der Waals surface area contributed by atoms with Crippen LogP contribution in [-0.2, 0) is 17.9 Å².